The number of ether oxygens (including phenoxy) is 1. The molecule has 1 N–H and O–H groups in total. The Kier molecular flexibility index (Phi) is 6.21. The third-order valence-electron chi connectivity index (χ3n) is 1.62. The van der Waals surface area contributed by atoms with Crippen molar-refractivity contribution < 1.29 is 9.29 Å². The molecule has 0 aliphatic rings. The third kappa shape index (κ3) is 5.51. The lowest BCUT2D eigenvalue weighted by molar-refractivity contribution is 0.191. The molecule has 0 radical (unpaired) electrons. The van der Waals surface area contributed by atoms with Crippen molar-refractivity contribution in [1.82, 2.24) is 4.72 Å². The van der Waals surface area contributed by atoms with Crippen LogP contribution in [-0.4, -0.2) is 29.1 Å². The van der Waals surface area contributed by atoms with E-state index in [-0.39, 0.29) is 10.8 Å². The number of hydrogen-bond acceptors (Lipinski definition) is 3. The van der Waals surface area contributed by atoms with Gasteiger partial charge in [-0.3, -0.25) is 0 Å². The van der Waals surface area contributed by atoms with E-state index in [0.29, 0.717) is 13.0 Å². The molecular weight excluding hydrogens is 198 g/mol. The van der Waals surface area contributed by atoms with E-state index in [1.54, 1.807) is 7.11 Å². The molecule has 4 heteroatoms. The molecule has 82 valence electrons. The van der Waals surface area contributed by atoms with E-state index in [4.69, 9.17) is 11.2 Å². The van der Waals surface area contributed by atoms with E-state index in [1.165, 1.54) is 0 Å². The summed E-state index contributed by atoms with van der Waals surface area (Å²) in [6, 6.07) is -0.185. The third-order valence-corrected chi connectivity index (χ3v) is 3.23. The Balaban J connectivity index is 4.00. The van der Waals surface area contributed by atoms with Crippen molar-refractivity contribution in [2.75, 3.05) is 13.7 Å². The molecule has 0 fully saturated rings. The van der Waals surface area contributed by atoms with Crippen molar-refractivity contribution in [1.29, 1.82) is 0 Å². The molecule has 0 rings (SSSR count). The summed E-state index contributed by atoms with van der Waals surface area (Å²) in [6.45, 7) is 6.28. The van der Waals surface area contributed by atoms with Crippen molar-refractivity contribution in [2.24, 2.45) is 0 Å². The van der Waals surface area contributed by atoms with Gasteiger partial charge in [-0.15, -0.1) is 11.1 Å². The molecule has 0 saturated heterocycles. The van der Waals surface area contributed by atoms with Crippen LogP contribution in [0.3, 0.4) is 0 Å². The molecule has 0 bridgehead atoms. The van der Waals surface area contributed by atoms with Gasteiger partial charge in [-0.05, 0) is 20.8 Å². The molecule has 0 aromatic rings. The van der Waals surface area contributed by atoms with Crippen LogP contribution >= 0.6 is 0 Å². The normalized spacial score (nSPS) is 16.0. The van der Waals surface area contributed by atoms with E-state index in [0.717, 1.165) is 0 Å². The number of nitrogens with one attached hydrogen (secondary N) is 1. The molecule has 0 aliphatic heterocycles. The zero-order chi connectivity index (χ0) is 11.2. The summed E-state index contributed by atoms with van der Waals surface area (Å²) in [5.74, 6) is 2.56. The maximum atomic E-state index is 11.7. The Morgan fingerprint density at radius 1 is 1.57 bits per heavy atom. The van der Waals surface area contributed by atoms with Crippen LogP contribution in [0.5, 0.6) is 0 Å². The fourth-order valence-electron chi connectivity index (χ4n) is 0.718. The molecule has 0 aliphatic carbocycles. The first-order valence-corrected chi connectivity index (χ1v) is 5.70. The molecule has 2 atom stereocenters. The van der Waals surface area contributed by atoms with Crippen molar-refractivity contribution in [2.45, 2.75) is 38.0 Å². The molecule has 0 amide bonds. The minimum atomic E-state index is -1.12. The van der Waals surface area contributed by atoms with Gasteiger partial charge in [0.25, 0.3) is 0 Å². The van der Waals surface area contributed by atoms with Crippen molar-refractivity contribution in [3.05, 3.63) is 0 Å². The zero-order valence-corrected chi connectivity index (χ0v) is 10.1. The number of rotatable bonds is 5. The molecule has 0 saturated carbocycles. The summed E-state index contributed by atoms with van der Waals surface area (Å²) in [5.41, 5.74) is 0. The second-order valence-electron chi connectivity index (χ2n) is 4.00. The van der Waals surface area contributed by atoms with Gasteiger partial charge in [-0.2, -0.15) is 0 Å². The zero-order valence-electron chi connectivity index (χ0n) is 9.29. The fraction of sp³-hybridized carbons (Fsp3) is 0.800. The summed E-state index contributed by atoms with van der Waals surface area (Å²) in [6.07, 6.45) is 5.98. The molecule has 0 aromatic heterocycles. The highest BCUT2D eigenvalue weighted by atomic mass is 32.2. The molecule has 0 spiro atoms. The summed E-state index contributed by atoms with van der Waals surface area (Å²) < 4.78 is 19.2. The van der Waals surface area contributed by atoms with Gasteiger partial charge in [-0.25, -0.2) is 0 Å². The first-order valence-electron chi connectivity index (χ1n) is 4.55. The average molecular weight is 217 g/mol. The summed E-state index contributed by atoms with van der Waals surface area (Å²) in [5, 5.41) is 0. The molecular formula is C10H19NO2S. The standard InChI is InChI=1S/C10H19NO2S/c1-6-9(7-8-13-5)11-14(12)10(2,3)4/h1,9,11H,7-8H2,2-5H3/t9-,14?/m0/s1. The lowest BCUT2D eigenvalue weighted by atomic mass is 10.2. The van der Waals surface area contributed by atoms with Crippen molar-refractivity contribution >= 4 is 11.4 Å². The van der Waals surface area contributed by atoms with Crippen LogP contribution in [0.2, 0.25) is 0 Å². The number of terminal acetylenes is 1. The Morgan fingerprint density at radius 2 is 2.14 bits per heavy atom. The Morgan fingerprint density at radius 3 is 2.50 bits per heavy atom. The van der Waals surface area contributed by atoms with Crippen molar-refractivity contribution in [3.8, 4) is 12.3 Å². The van der Waals surface area contributed by atoms with Crippen LogP contribution in [0.15, 0.2) is 0 Å². The minimum Gasteiger partial charge on any atom is -0.598 e. The number of methoxy groups -OCH3 is 1. The van der Waals surface area contributed by atoms with E-state index in [1.807, 2.05) is 20.8 Å². The predicted molar refractivity (Wildman–Crippen MR) is 60.1 cm³/mol. The second kappa shape index (κ2) is 6.31. The quantitative estimate of drug-likeness (QED) is 0.553. The maximum absolute atomic E-state index is 11.7. The Hall–Kier alpha value is -0.210. The van der Waals surface area contributed by atoms with Crippen molar-refractivity contribution in [3.63, 3.8) is 0 Å². The smallest absolute Gasteiger partial charge is 0.136 e. The highest BCUT2D eigenvalue weighted by Crippen LogP contribution is 2.14. The fourth-order valence-corrected chi connectivity index (χ4v) is 1.52. The lowest BCUT2D eigenvalue weighted by Crippen LogP contribution is -2.44. The van der Waals surface area contributed by atoms with Crippen LogP contribution in [0, 0.1) is 12.3 Å². The van der Waals surface area contributed by atoms with Gasteiger partial charge in [-0.1, -0.05) is 5.92 Å². The topological polar surface area (TPSA) is 44.3 Å². The SMILES string of the molecule is C#C[C@@H](CCOC)N[S+]([O-])C(C)(C)C. The van der Waals surface area contributed by atoms with E-state index in [2.05, 4.69) is 10.6 Å². The monoisotopic (exact) mass is 217 g/mol. The molecule has 0 aromatic carbocycles. The van der Waals surface area contributed by atoms with Crippen LogP contribution < -0.4 is 4.72 Å². The Labute approximate surface area is 89.9 Å². The highest BCUT2D eigenvalue weighted by molar-refractivity contribution is 7.90. The minimum absolute atomic E-state index is 0.185. The largest absolute Gasteiger partial charge is 0.598 e. The molecule has 0 heterocycles. The maximum Gasteiger partial charge on any atom is 0.136 e. The van der Waals surface area contributed by atoms with Gasteiger partial charge in [0.1, 0.15) is 10.8 Å². The summed E-state index contributed by atoms with van der Waals surface area (Å²) in [4.78, 5) is 0. The van der Waals surface area contributed by atoms with Crippen LogP contribution in [0.25, 0.3) is 0 Å². The van der Waals surface area contributed by atoms with Gasteiger partial charge in [0.05, 0.1) is 0 Å². The van der Waals surface area contributed by atoms with Gasteiger partial charge in [0, 0.05) is 31.5 Å². The molecule has 14 heavy (non-hydrogen) atoms. The highest BCUT2D eigenvalue weighted by Gasteiger charge is 2.28. The van der Waals surface area contributed by atoms with Crippen LogP contribution in [-0.2, 0) is 16.1 Å². The summed E-state index contributed by atoms with van der Waals surface area (Å²) in [7, 11) is 1.62. The van der Waals surface area contributed by atoms with Crippen LogP contribution in [0.4, 0.5) is 0 Å². The van der Waals surface area contributed by atoms with Gasteiger partial charge < -0.3 is 9.29 Å². The van der Waals surface area contributed by atoms with Gasteiger partial charge in [0.15, 0.2) is 0 Å². The van der Waals surface area contributed by atoms with Crippen LogP contribution in [0.1, 0.15) is 27.2 Å². The summed E-state index contributed by atoms with van der Waals surface area (Å²) >= 11 is -1.12. The van der Waals surface area contributed by atoms with Gasteiger partial charge in [0.2, 0.25) is 0 Å². The average Bonchev–Trinajstić information content (AvgIpc) is 2.10. The van der Waals surface area contributed by atoms with E-state index >= 15 is 0 Å². The first kappa shape index (κ1) is 13.8. The molecule has 1 unspecified atom stereocenters. The predicted octanol–water partition coefficient (Wildman–Crippen LogP) is 1.08. The molecule has 3 nitrogen and oxygen atoms in total. The lowest BCUT2D eigenvalue weighted by Gasteiger charge is -2.25. The second-order valence-corrected chi connectivity index (χ2v) is 6.00. The Bertz CT molecular complexity index is 195. The number of hydrogen-bond donors (Lipinski definition) is 1. The van der Waals surface area contributed by atoms with E-state index < -0.39 is 11.4 Å². The van der Waals surface area contributed by atoms with Gasteiger partial charge >= 0.3 is 0 Å². The first-order chi connectivity index (χ1) is 6.41. The van der Waals surface area contributed by atoms with E-state index in [9.17, 15) is 4.55 Å².